The molecule has 1 aromatic carbocycles. The maximum Gasteiger partial charge on any atom is 0.256 e. The third-order valence-corrected chi connectivity index (χ3v) is 3.22. The van der Waals surface area contributed by atoms with Crippen molar-refractivity contribution in [3.63, 3.8) is 0 Å². The van der Waals surface area contributed by atoms with Crippen molar-refractivity contribution in [2.45, 2.75) is 6.92 Å². The van der Waals surface area contributed by atoms with E-state index in [9.17, 15) is 4.79 Å². The maximum absolute atomic E-state index is 11.8. The van der Waals surface area contributed by atoms with Crippen molar-refractivity contribution in [1.29, 1.82) is 0 Å². The molecule has 2 aromatic rings. The van der Waals surface area contributed by atoms with Crippen LogP contribution in [0.25, 0.3) is 0 Å². The lowest BCUT2D eigenvalue weighted by molar-refractivity contribution is 0.102. The second kappa shape index (κ2) is 4.80. The zero-order valence-electron chi connectivity index (χ0n) is 8.66. The molecule has 0 saturated heterocycles. The van der Waals surface area contributed by atoms with Gasteiger partial charge in [0.05, 0.1) is 5.56 Å². The van der Waals surface area contributed by atoms with E-state index in [4.69, 9.17) is 0 Å². The third kappa shape index (κ3) is 2.71. The normalized spacial score (nSPS) is 10.1. The van der Waals surface area contributed by atoms with Gasteiger partial charge < -0.3 is 5.32 Å². The van der Waals surface area contributed by atoms with Crippen LogP contribution in [-0.4, -0.2) is 5.91 Å². The lowest BCUT2D eigenvalue weighted by atomic mass is 10.2. The van der Waals surface area contributed by atoms with Crippen LogP contribution in [0.15, 0.2) is 39.5 Å². The fourth-order valence-corrected chi connectivity index (χ4v) is 2.65. The van der Waals surface area contributed by atoms with E-state index in [0.29, 0.717) is 5.56 Å². The lowest BCUT2D eigenvalue weighted by Crippen LogP contribution is -2.10. The van der Waals surface area contributed by atoms with Gasteiger partial charge in [-0.1, -0.05) is 15.9 Å². The van der Waals surface area contributed by atoms with Crippen molar-refractivity contribution in [3.8, 4) is 0 Å². The largest absolute Gasteiger partial charge is 0.322 e. The number of hydrogen-bond donors (Lipinski definition) is 1. The Balaban J connectivity index is 2.18. The van der Waals surface area contributed by atoms with E-state index in [1.165, 1.54) is 11.3 Å². The van der Waals surface area contributed by atoms with E-state index in [1.807, 2.05) is 41.9 Å². The summed E-state index contributed by atoms with van der Waals surface area (Å²) in [5.74, 6) is -0.0706. The first-order valence-corrected chi connectivity index (χ1v) is 6.49. The molecule has 0 aliphatic rings. The fourth-order valence-electron chi connectivity index (χ4n) is 1.41. The SMILES string of the molecule is Cc1cc(Br)cc(NC(=O)c2ccsc2)c1. The summed E-state index contributed by atoms with van der Waals surface area (Å²) in [5.41, 5.74) is 2.61. The standard InChI is InChI=1S/C12H10BrNOS/c1-8-4-10(13)6-11(5-8)14-12(15)9-2-3-16-7-9/h2-7H,1H3,(H,14,15). The highest BCUT2D eigenvalue weighted by Gasteiger charge is 2.06. The minimum absolute atomic E-state index is 0.0706. The number of hydrogen-bond acceptors (Lipinski definition) is 2. The number of aryl methyl sites for hydroxylation is 1. The predicted molar refractivity (Wildman–Crippen MR) is 71.2 cm³/mol. The summed E-state index contributed by atoms with van der Waals surface area (Å²) in [6.07, 6.45) is 0. The van der Waals surface area contributed by atoms with Crippen LogP contribution in [0.3, 0.4) is 0 Å². The summed E-state index contributed by atoms with van der Waals surface area (Å²) in [5, 5.41) is 6.59. The van der Waals surface area contributed by atoms with Crippen molar-refractivity contribution < 1.29 is 4.79 Å². The summed E-state index contributed by atoms with van der Waals surface area (Å²) in [7, 11) is 0. The molecule has 4 heteroatoms. The molecular formula is C12H10BrNOS. The van der Waals surface area contributed by atoms with Crippen molar-refractivity contribution in [2.24, 2.45) is 0 Å². The second-order valence-corrected chi connectivity index (χ2v) is 5.18. The Bertz CT molecular complexity index is 487. The van der Waals surface area contributed by atoms with Gasteiger partial charge >= 0.3 is 0 Å². The molecule has 0 aliphatic heterocycles. The zero-order valence-corrected chi connectivity index (χ0v) is 11.1. The number of amides is 1. The Morgan fingerprint density at radius 3 is 2.81 bits per heavy atom. The van der Waals surface area contributed by atoms with Crippen molar-refractivity contribution in [1.82, 2.24) is 0 Å². The molecule has 0 saturated carbocycles. The van der Waals surface area contributed by atoms with Crippen LogP contribution in [0, 0.1) is 6.92 Å². The summed E-state index contributed by atoms with van der Waals surface area (Å²) < 4.78 is 0.966. The topological polar surface area (TPSA) is 29.1 Å². The zero-order chi connectivity index (χ0) is 11.5. The minimum atomic E-state index is -0.0706. The molecule has 82 valence electrons. The molecule has 0 aliphatic carbocycles. The summed E-state index contributed by atoms with van der Waals surface area (Å²) >= 11 is 4.92. The van der Waals surface area contributed by atoms with Crippen molar-refractivity contribution >= 4 is 38.9 Å². The van der Waals surface area contributed by atoms with Gasteiger partial charge in [-0.05, 0) is 42.1 Å². The van der Waals surface area contributed by atoms with Crippen LogP contribution < -0.4 is 5.32 Å². The van der Waals surface area contributed by atoms with E-state index >= 15 is 0 Å². The lowest BCUT2D eigenvalue weighted by Gasteiger charge is -2.05. The van der Waals surface area contributed by atoms with Crippen LogP contribution in [0.2, 0.25) is 0 Å². The molecule has 2 nitrogen and oxygen atoms in total. The van der Waals surface area contributed by atoms with E-state index < -0.39 is 0 Å². The molecule has 0 bridgehead atoms. The van der Waals surface area contributed by atoms with Gasteiger partial charge in [0.25, 0.3) is 5.91 Å². The smallest absolute Gasteiger partial charge is 0.256 e. The first-order chi connectivity index (χ1) is 7.65. The number of rotatable bonds is 2. The predicted octanol–water partition coefficient (Wildman–Crippen LogP) is 4.07. The molecule has 0 fully saturated rings. The average molecular weight is 296 g/mol. The van der Waals surface area contributed by atoms with Crippen LogP contribution in [0.1, 0.15) is 15.9 Å². The molecule has 0 spiro atoms. The van der Waals surface area contributed by atoms with Gasteiger partial charge in [0.2, 0.25) is 0 Å². The summed E-state index contributed by atoms with van der Waals surface area (Å²) in [6.45, 7) is 1.99. The van der Waals surface area contributed by atoms with Gasteiger partial charge in [0.1, 0.15) is 0 Å². The number of halogens is 1. The Morgan fingerprint density at radius 2 is 2.19 bits per heavy atom. The van der Waals surface area contributed by atoms with Crippen LogP contribution in [-0.2, 0) is 0 Å². The number of thiophene rings is 1. The second-order valence-electron chi connectivity index (χ2n) is 3.48. The van der Waals surface area contributed by atoms with Crippen LogP contribution >= 0.6 is 27.3 Å². The molecule has 1 aromatic heterocycles. The summed E-state index contributed by atoms with van der Waals surface area (Å²) in [4.78, 5) is 11.8. The molecule has 2 rings (SSSR count). The van der Waals surface area contributed by atoms with Gasteiger partial charge in [-0.2, -0.15) is 11.3 Å². The molecule has 0 unspecified atom stereocenters. The van der Waals surface area contributed by atoms with Gasteiger partial charge in [-0.15, -0.1) is 0 Å². The Hall–Kier alpha value is -1.13. The highest BCUT2D eigenvalue weighted by molar-refractivity contribution is 9.10. The number of nitrogens with one attached hydrogen (secondary N) is 1. The fraction of sp³-hybridized carbons (Fsp3) is 0.0833. The molecule has 16 heavy (non-hydrogen) atoms. The molecule has 1 amide bonds. The molecule has 1 N–H and O–H groups in total. The number of anilines is 1. The molecular weight excluding hydrogens is 286 g/mol. The number of benzene rings is 1. The van der Waals surface area contributed by atoms with Crippen molar-refractivity contribution in [3.05, 3.63) is 50.6 Å². The average Bonchev–Trinajstić information content (AvgIpc) is 2.68. The number of carbonyl (C=O) groups excluding carboxylic acids is 1. The monoisotopic (exact) mass is 295 g/mol. The van der Waals surface area contributed by atoms with Gasteiger partial charge in [-0.25, -0.2) is 0 Å². The Morgan fingerprint density at radius 1 is 1.38 bits per heavy atom. The molecule has 0 atom stereocenters. The Labute approximate surface area is 106 Å². The van der Waals surface area contributed by atoms with Crippen LogP contribution in [0.4, 0.5) is 5.69 Å². The molecule has 1 heterocycles. The first kappa shape index (κ1) is 11.4. The van der Waals surface area contributed by atoms with Crippen LogP contribution in [0.5, 0.6) is 0 Å². The third-order valence-electron chi connectivity index (χ3n) is 2.08. The van der Waals surface area contributed by atoms with Crippen molar-refractivity contribution in [2.75, 3.05) is 5.32 Å². The summed E-state index contributed by atoms with van der Waals surface area (Å²) in [6, 6.07) is 7.64. The Kier molecular flexibility index (Phi) is 3.41. The first-order valence-electron chi connectivity index (χ1n) is 4.76. The number of carbonyl (C=O) groups is 1. The van der Waals surface area contributed by atoms with Gasteiger partial charge in [-0.3, -0.25) is 4.79 Å². The van der Waals surface area contributed by atoms with E-state index in [-0.39, 0.29) is 5.91 Å². The quantitative estimate of drug-likeness (QED) is 0.889. The van der Waals surface area contributed by atoms with E-state index in [2.05, 4.69) is 21.2 Å². The minimum Gasteiger partial charge on any atom is -0.322 e. The van der Waals surface area contributed by atoms with Gasteiger partial charge in [0.15, 0.2) is 0 Å². The van der Waals surface area contributed by atoms with Gasteiger partial charge in [0, 0.05) is 15.5 Å². The highest BCUT2D eigenvalue weighted by Crippen LogP contribution is 2.20. The highest BCUT2D eigenvalue weighted by atomic mass is 79.9. The van der Waals surface area contributed by atoms with E-state index in [1.54, 1.807) is 0 Å². The van der Waals surface area contributed by atoms with E-state index in [0.717, 1.165) is 15.7 Å². The maximum atomic E-state index is 11.8. The molecule has 0 radical (unpaired) electrons.